The van der Waals surface area contributed by atoms with Crippen LogP contribution in [-0.4, -0.2) is 12.0 Å². The molecule has 0 unspecified atom stereocenters. The smallest absolute Gasteiger partial charge is 0.112 e. The monoisotopic (exact) mass is 219 g/mol. The number of nitrogens with two attached hydrogens (primary N) is 1. The van der Waals surface area contributed by atoms with Crippen molar-refractivity contribution in [3.8, 4) is 0 Å². The second kappa shape index (κ2) is 4.31. The average molecular weight is 219 g/mol. The lowest BCUT2D eigenvalue weighted by Gasteiger charge is -2.19. The number of nitrogen functional groups attached to an aromatic ring is 1. The summed E-state index contributed by atoms with van der Waals surface area (Å²) in [7, 11) is 2.02. The van der Waals surface area contributed by atoms with Crippen molar-refractivity contribution in [2.45, 2.75) is 6.54 Å². The fraction of sp³-hybridized carbons (Fsp3) is 0.182. The average Bonchev–Trinajstić information content (AvgIpc) is 2.71. The fourth-order valence-corrected chi connectivity index (χ4v) is 2.12. The lowest BCUT2D eigenvalue weighted by Crippen LogP contribution is -2.17. The summed E-state index contributed by atoms with van der Waals surface area (Å²) in [5.41, 5.74) is 7.74. The lowest BCUT2D eigenvalue weighted by atomic mass is 10.2. The van der Waals surface area contributed by atoms with Crippen molar-refractivity contribution in [2.24, 2.45) is 0 Å². The van der Waals surface area contributed by atoms with Gasteiger partial charge in [-0.2, -0.15) is 0 Å². The molecule has 2 aromatic rings. The minimum absolute atomic E-state index is 0.798. The maximum absolute atomic E-state index is 5.89. The number of rotatable bonds is 3. The highest BCUT2D eigenvalue weighted by molar-refractivity contribution is 7.09. The SMILES string of the molecule is CN(Cc1nccs1)c1ccccc1N. The zero-order chi connectivity index (χ0) is 10.7. The van der Waals surface area contributed by atoms with E-state index in [1.165, 1.54) is 0 Å². The molecule has 0 aliphatic carbocycles. The van der Waals surface area contributed by atoms with Crippen LogP contribution in [0.1, 0.15) is 5.01 Å². The zero-order valence-corrected chi connectivity index (χ0v) is 9.37. The first-order valence-electron chi connectivity index (χ1n) is 4.71. The van der Waals surface area contributed by atoms with Gasteiger partial charge in [-0.05, 0) is 12.1 Å². The van der Waals surface area contributed by atoms with Gasteiger partial charge in [-0.1, -0.05) is 12.1 Å². The summed E-state index contributed by atoms with van der Waals surface area (Å²) >= 11 is 1.66. The zero-order valence-electron chi connectivity index (χ0n) is 8.55. The quantitative estimate of drug-likeness (QED) is 0.806. The number of thiazole rings is 1. The molecule has 0 fully saturated rings. The molecule has 0 amide bonds. The van der Waals surface area contributed by atoms with Crippen molar-refractivity contribution in [1.29, 1.82) is 0 Å². The van der Waals surface area contributed by atoms with Crippen LogP contribution >= 0.6 is 11.3 Å². The Bertz CT molecular complexity index is 425. The van der Waals surface area contributed by atoms with Crippen molar-refractivity contribution in [2.75, 3.05) is 17.7 Å². The summed E-state index contributed by atoms with van der Waals surface area (Å²) in [6, 6.07) is 7.86. The molecule has 1 aromatic carbocycles. The van der Waals surface area contributed by atoms with Crippen LogP contribution in [0.15, 0.2) is 35.8 Å². The predicted octanol–water partition coefficient (Wildman–Crippen LogP) is 2.36. The Morgan fingerprint density at radius 3 is 2.87 bits per heavy atom. The highest BCUT2D eigenvalue weighted by Gasteiger charge is 2.06. The van der Waals surface area contributed by atoms with Gasteiger partial charge in [0.15, 0.2) is 0 Å². The summed E-state index contributed by atoms with van der Waals surface area (Å²) in [5.74, 6) is 0. The normalized spacial score (nSPS) is 10.2. The van der Waals surface area contributed by atoms with Gasteiger partial charge in [0.2, 0.25) is 0 Å². The topological polar surface area (TPSA) is 42.2 Å². The van der Waals surface area contributed by atoms with E-state index in [0.717, 1.165) is 22.9 Å². The summed E-state index contributed by atoms with van der Waals surface area (Å²) in [5, 5.41) is 3.08. The second-order valence-corrected chi connectivity index (χ2v) is 4.32. The van der Waals surface area contributed by atoms with Crippen molar-refractivity contribution in [1.82, 2.24) is 4.98 Å². The Labute approximate surface area is 93.2 Å². The van der Waals surface area contributed by atoms with Gasteiger partial charge < -0.3 is 10.6 Å². The van der Waals surface area contributed by atoms with E-state index in [1.807, 2.05) is 42.9 Å². The number of hydrogen-bond acceptors (Lipinski definition) is 4. The Balaban J connectivity index is 2.15. The van der Waals surface area contributed by atoms with Crippen LogP contribution in [0.4, 0.5) is 11.4 Å². The van der Waals surface area contributed by atoms with Crippen LogP contribution in [-0.2, 0) is 6.54 Å². The highest BCUT2D eigenvalue weighted by Crippen LogP contribution is 2.22. The molecular weight excluding hydrogens is 206 g/mol. The second-order valence-electron chi connectivity index (χ2n) is 3.34. The molecule has 1 heterocycles. The molecule has 78 valence electrons. The number of hydrogen-bond donors (Lipinski definition) is 1. The Morgan fingerprint density at radius 2 is 2.20 bits per heavy atom. The first-order valence-corrected chi connectivity index (χ1v) is 5.59. The van der Waals surface area contributed by atoms with Gasteiger partial charge in [0, 0.05) is 18.6 Å². The van der Waals surface area contributed by atoms with E-state index in [2.05, 4.69) is 9.88 Å². The predicted molar refractivity (Wildman–Crippen MR) is 65.1 cm³/mol. The third-order valence-electron chi connectivity index (χ3n) is 2.20. The van der Waals surface area contributed by atoms with E-state index in [0.29, 0.717) is 0 Å². The van der Waals surface area contributed by atoms with E-state index in [1.54, 1.807) is 11.3 Å². The molecule has 3 nitrogen and oxygen atoms in total. The van der Waals surface area contributed by atoms with Gasteiger partial charge in [0.1, 0.15) is 5.01 Å². The molecule has 0 saturated carbocycles. The molecule has 2 N–H and O–H groups in total. The molecule has 0 aliphatic rings. The number of para-hydroxylation sites is 2. The minimum Gasteiger partial charge on any atom is -0.397 e. The largest absolute Gasteiger partial charge is 0.397 e. The van der Waals surface area contributed by atoms with Gasteiger partial charge >= 0.3 is 0 Å². The van der Waals surface area contributed by atoms with Gasteiger partial charge in [-0.25, -0.2) is 4.98 Å². The molecule has 1 aromatic heterocycles. The van der Waals surface area contributed by atoms with E-state index in [9.17, 15) is 0 Å². The molecule has 0 atom stereocenters. The first-order chi connectivity index (χ1) is 7.27. The van der Waals surface area contributed by atoms with Gasteiger partial charge in [-0.15, -0.1) is 11.3 Å². The summed E-state index contributed by atoms with van der Waals surface area (Å²) < 4.78 is 0. The van der Waals surface area contributed by atoms with Crippen LogP contribution in [0.25, 0.3) is 0 Å². The standard InChI is InChI=1S/C11H13N3S/c1-14(8-11-13-6-7-15-11)10-5-3-2-4-9(10)12/h2-7H,8,12H2,1H3. The molecule has 2 rings (SSSR count). The van der Waals surface area contributed by atoms with Crippen LogP contribution in [0, 0.1) is 0 Å². The van der Waals surface area contributed by atoms with E-state index in [-0.39, 0.29) is 0 Å². The highest BCUT2D eigenvalue weighted by atomic mass is 32.1. The van der Waals surface area contributed by atoms with E-state index < -0.39 is 0 Å². The third kappa shape index (κ3) is 2.27. The molecule has 0 spiro atoms. The van der Waals surface area contributed by atoms with Crippen molar-refractivity contribution < 1.29 is 0 Å². The summed E-state index contributed by atoms with van der Waals surface area (Å²) in [6.07, 6.45) is 1.82. The molecular formula is C11H13N3S. The molecule has 0 aliphatic heterocycles. The van der Waals surface area contributed by atoms with Crippen LogP contribution in [0.3, 0.4) is 0 Å². The summed E-state index contributed by atoms with van der Waals surface area (Å²) in [4.78, 5) is 6.35. The maximum atomic E-state index is 5.89. The number of anilines is 2. The molecule has 0 saturated heterocycles. The Hall–Kier alpha value is -1.55. The van der Waals surface area contributed by atoms with Crippen LogP contribution < -0.4 is 10.6 Å². The van der Waals surface area contributed by atoms with E-state index in [4.69, 9.17) is 5.73 Å². The number of nitrogens with zero attached hydrogens (tertiary/aromatic N) is 2. The number of benzene rings is 1. The fourth-order valence-electron chi connectivity index (χ4n) is 1.45. The molecule has 15 heavy (non-hydrogen) atoms. The molecule has 0 radical (unpaired) electrons. The van der Waals surface area contributed by atoms with Crippen molar-refractivity contribution >= 4 is 22.7 Å². The van der Waals surface area contributed by atoms with Gasteiger partial charge in [-0.3, -0.25) is 0 Å². The van der Waals surface area contributed by atoms with Crippen LogP contribution in [0.5, 0.6) is 0 Å². The van der Waals surface area contributed by atoms with E-state index >= 15 is 0 Å². The lowest BCUT2D eigenvalue weighted by molar-refractivity contribution is 0.912. The number of aromatic nitrogens is 1. The van der Waals surface area contributed by atoms with Gasteiger partial charge in [0.25, 0.3) is 0 Å². The summed E-state index contributed by atoms with van der Waals surface area (Å²) in [6.45, 7) is 0.798. The Kier molecular flexibility index (Phi) is 2.87. The maximum Gasteiger partial charge on any atom is 0.112 e. The van der Waals surface area contributed by atoms with Gasteiger partial charge in [0.05, 0.1) is 17.9 Å². The minimum atomic E-state index is 0.798. The Morgan fingerprint density at radius 1 is 1.40 bits per heavy atom. The third-order valence-corrected chi connectivity index (χ3v) is 2.97. The van der Waals surface area contributed by atoms with Crippen LogP contribution in [0.2, 0.25) is 0 Å². The van der Waals surface area contributed by atoms with Crippen molar-refractivity contribution in [3.63, 3.8) is 0 Å². The van der Waals surface area contributed by atoms with Crippen molar-refractivity contribution in [3.05, 3.63) is 40.8 Å². The molecule has 0 bridgehead atoms. The first kappa shape index (κ1) is 9.98. The molecule has 4 heteroatoms.